The lowest BCUT2D eigenvalue weighted by Gasteiger charge is -2.19. The van der Waals surface area contributed by atoms with Gasteiger partial charge in [-0.2, -0.15) is 0 Å². The van der Waals surface area contributed by atoms with Gasteiger partial charge in [-0.3, -0.25) is 20.2 Å². The third-order valence-electron chi connectivity index (χ3n) is 3.80. The van der Waals surface area contributed by atoms with Gasteiger partial charge in [0.05, 0.1) is 17.8 Å². The number of rotatable bonds is 4. The number of carbonyl (C=O) groups is 1. The van der Waals surface area contributed by atoms with Gasteiger partial charge in [0, 0.05) is 38.7 Å². The van der Waals surface area contributed by atoms with Crippen LogP contribution in [0.5, 0.6) is 0 Å². The number of hydrogen-bond acceptors (Lipinski definition) is 6. The Morgan fingerprint density at radius 3 is 2.87 bits per heavy atom. The standard InChI is InChI=1S/C16H20N6O/c1-22(2)11-6-8-18-13(9-11)16(23)20-14-10-19-21-15(14)12-5-3-4-7-17-12/h3-9,14-15,19,21H,10H2,1-2H3,(H,20,23). The van der Waals surface area contributed by atoms with E-state index in [1.165, 1.54) is 0 Å². The van der Waals surface area contributed by atoms with E-state index in [1.54, 1.807) is 18.5 Å². The van der Waals surface area contributed by atoms with Crippen LogP contribution in [0.2, 0.25) is 0 Å². The summed E-state index contributed by atoms with van der Waals surface area (Å²) in [5, 5.41) is 3.02. The van der Waals surface area contributed by atoms with E-state index in [9.17, 15) is 4.79 Å². The molecule has 2 atom stereocenters. The molecule has 0 bridgehead atoms. The van der Waals surface area contributed by atoms with Crippen molar-refractivity contribution in [2.45, 2.75) is 12.1 Å². The number of carbonyl (C=O) groups excluding carboxylic acids is 1. The maximum Gasteiger partial charge on any atom is 0.270 e. The molecule has 1 saturated heterocycles. The van der Waals surface area contributed by atoms with Gasteiger partial charge in [0.2, 0.25) is 0 Å². The smallest absolute Gasteiger partial charge is 0.270 e. The van der Waals surface area contributed by atoms with E-state index in [2.05, 4.69) is 26.1 Å². The van der Waals surface area contributed by atoms with Gasteiger partial charge < -0.3 is 10.2 Å². The lowest BCUT2D eigenvalue weighted by atomic mass is 10.1. The molecule has 3 heterocycles. The van der Waals surface area contributed by atoms with Crippen LogP contribution in [-0.2, 0) is 0 Å². The Hall–Kier alpha value is -2.51. The number of pyridine rings is 2. The Bertz CT molecular complexity index is 675. The van der Waals surface area contributed by atoms with Crippen molar-refractivity contribution in [2.75, 3.05) is 25.5 Å². The van der Waals surface area contributed by atoms with E-state index in [4.69, 9.17) is 0 Å². The van der Waals surface area contributed by atoms with Crippen LogP contribution in [0.4, 0.5) is 5.69 Å². The molecule has 0 aliphatic carbocycles. The zero-order chi connectivity index (χ0) is 16.2. The number of hydrazine groups is 1. The maximum absolute atomic E-state index is 12.5. The van der Waals surface area contributed by atoms with E-state index in [0.29, 0.717) is 12.2 Å². The van der Waals surface area contributed by atoms with Crippen molar-refractivity contribution in [3.8, 4) is 0 Å². The molecular formula is C16H20N6O. The predicted octanol–water partition coefficient (Wildman–Crippen LogP) is 0.490. The second kappa shape index (κ2) is 6.72. The Morgan fingerprint density at radius 1 is 1.26 bits per heavy atom. The van der Waals surface area contributed by atoms with Gasteiger partial charge in [0.25, 0.3) is 5.91 Å². The molecule has 7 nitrogen and oxygen atoms in total. The van der Waals surface area contributed by atoms with Crippen LogP contribution in [0.1, 0.15) is 22.2 Å². The lowest BCUT2D eigenvalue weighted by molar-refractivity contribution is 0.0930. The Morgan fingerprint density at radius 2 is 2.13 bits per heavy atom. The molecular weight excluding hydrogens is 292 g/mol. The van der Waals surface area contributed by atoms with Crippen LogP contribution in [0.25, 0.3) is 0 Å². The molecule has 1 aliphatic rings. The molecule has 120 valence electrons. The topological polar surface area (TPSA) is 82.2 Å². The fourth-order valence-corrected chi connectivity index (χ4v) is 2.54. The summed E-state index contributed by atoms with van der Waals surface area (Å²) in [5.74, 6) is -0.190. The highest BCUT2D eigenvalue weighted by atomic mass is 16.2. The molecule has 23 heavy (non-hydrogen) atoms. The molecule has 2 aromatic rings. The molecule has 3 rings (SSSR count). The second-order valence-corrected chi connectivity index (χ2v) is 5.63. The van der Waals surface area contributed by atoms with Gasteiger partial charge in [-0.25, -0.2) is 5.43 Å². The van der Waals surface area contributed by atoms with Crippen molar-refractivity contribution >= 4 is 11.6 Å². The molecule has 0 spiro atoms. The zero-order valence-electron chi connectivity index (χ0n) is 13.2. The number of hydrogen-bond donors (Lipinski definition) is 3. The lowest BCUT2D eigenvalue weighted by Crippen LogP contribution is -2.40. The quantitative estimate of drug-likeness (QED) is 0.762. The van der Waals surface area contributed by atoms with Crippen molar-refractivity contribution in [1.82, 2.24) is 26.1 Å². The fraction of sp³-hybridized carbons (Fsp3) is 0.312. The minimum Gasteiger partial charge on any atom is -0.378 e. The van der Waals surface area contributed by atoms with Gasteiger partial charge in [-0.15, -0.1) is 0 Å². The second-order valence-electron chi connectivity index (χ2n) is 5.63. The Balaban J connectivity index is 1.73. The van der Waals surface area contributed by atoms with Crippen LogP contribution in [0.3, 0.4) is 0 Å². The fourth-order valence-electron chi connectivity index (χ4n) is 2.54. The first-order chi connectivity index (χ1) is 11.1. The van der Waals surface area contributed by atoms with Crippen molar-refractivity contribution in [2.24, 2.45) is 0 Å². The minimum atomic E-state index is -0.190. The highest BCUT2D eigenvalue weighted by Gasteiger charge is 2.30. The predicted molar refractivity (Wildman–Crippen MR) is 87.9 cm³/mol. The Labute approximate surface area is 135 Å². The summed E-state index contributed by atoms with van der Waals surface area (Å²) in [6, 6.07) is 9.22. The third-order valence-corrected chi connectivity index (χ3v) is 3.80. The summed E-state index contributed by atoms with van der Waals surface area (Å²) in [6.07, 6.45) is 3.39. The highest BCUT2D eigenvalue weighted by molar-refractivity contribution is 5.93. The molecule has 2 unspecified atom stereocenters. The molecule has 3 N–H and O–H groups in total. The molecule has 0 saturated carbocycles. The highest BCUT2D eigenvalue weighted by Crippen LogP contribution is 2.18. The monoisotopic (exact) mass is 312 g/mol. The maximum atomic E-state index is 12.5. The molecule has 0 radical (unpaired) electrons. The van der Waals surface area contributed by atoms with Gasteiger partial charge in [-0.05, 0) is 24.3 Å². The van der Waals surface area contributed by atoms with Gasteiger partial charge >= 0.3 is 0 Å². The average molecular weight is 312 g/mol. The normalized spacial score (nSPS) is 20.3. The van der Waals surface area contributed by atoms with Crippen molar-refractivity contribution in [1.29, 1.82) is 0 Å². The molecule has 2 aromatic heterocycles. The van der Waals surface area contributed by atoms with Gasteiger partial charge in [0.15, 0.2) is 0 Å². The first-order valence-corrected chi connectivity index (χ1v) is 7.48. The molecule has 1 aliphatic heterocycles. The van der Waals surface area contributed by atoms with Crippen molar-refractivity contribution in [3.63, 3.8) is 0 Å². The largest absolute Gasteiger partial charge is 0.378 e. The number of aromatic nitrogens is 2. The van der Waals surface area contributed by atoms with Gasteiger partial charge in [0.1, 0.15) is 5.69 Å². The third kappa shape index (κ3) is 3.46. The van der Waals surface area contributed by atoms with E-state index in [1.807, 2.05) is 43.3 Å². The van der Waals surface area contributed by atoms with Gasteiger partial charge in [-0.1, -0.05) is 6.07 Å². The van der Waals surface area contributed by atoms with Crippen molar-refractivity contribution < 1.29 is 4.79 Å². The molecule has 7 heteroatoms. The number of nitrogens with one attached hydrogen (secondary N) is 3. The number of nitrogens with zero attached hydrogens (tertiary/aromatic N) is 3. The summed E-state index contributed by atoms with van der Waals surface area (Å²) in [6.45, 7) is 0.625. The first-order valence-electron chi connectivity index (χ1n) is 7.48. The summed E-state index contributed by atoms with van der Waals surface area (Å²) in [7, 11) is 3.86. The van der Waals surface area contributed by atoms with Crippen LogP contribution in [0, 0.1) is 0 Å². The summed E-state index contributed by atoms with van der Waals surface area (Å²) < 4.78 is 0. The zero-order valence-corrected chi connectivity index (χ0v) is 13.2. The van der Waals surface area contributed by atoms with E-state index in [-0.39, 0.29) is 18.0 Å². The molecule has 1 amide bonds. The first kappa shape index (κ1) is 15.4. The summed E-state index contributed by atoms with van der Waals surface area (Å²) in [5.41, 5.74) is 8.46. The van der Waals surface area contributed by atoms with E-state index >= 15 is 0 Å². The summed E-state index contributed by atoms with van der Waals surface area (Å²) >= 11 is 0. The van der Waals surface area contributed by atoms with E-state index in [0.717, 1.165) is 11.4 Å². The molecule has 1 fully saturated rings. The summed E-state index contributed by atoms with van der Waals surface area (Å²) in [4.78, 5) is 22.9. The SMILES string of the molecule is CN(C)c1ccnc(C(=O)NC2CNNC2c2ccccn2)c1. The van der Waals surface area contributed by atoms with Crippen LogP contribution < -0.4 is 21.1 Å². The van der Waals surface area contributed by atoms with Crippen LogP contribution in [-0.4, -0.2) is 42.6 Å². The van der Waals surface area contributed by atoms with Crippen LogP contribution in [0.15, 0.2) is 42.7 Å². The number of anilines is 1. The number of amides is 1. The minimum absolute atomic E-state index is 0.0721. The average Bonchev–Trinajstić information content (AvgIpc) is 3.04. The van der Waals surface area contributed by atoms with E-state index < -0.39 is 0 Å². The Kier molecular flexibility index (Phi) is 4.50. The van der Waals surface area contributed by atoms with Crippen molar-refractivity contribution in [3.05, 3.63) is 54.1 Å². The van der Waals surface area contributed by atoms with Crippen LogP contribution >= 0.6 is 0 Å². The molecule has 0 aromatic carbocycles.